The lowest BCUT2D eigenvalue weighted by Gasteiger charge is -2.25. The molecule has 0 spiro atoms. The molecule has 0 aromatic carbocycles. The summed E-state index contributed by atoms with van der Waals surface area (Å²) in [4.78, 5) is 7.99. The molecule has 2 unspecified atom stereocenters. The first kappa shape index (κ1) is 8.44. The molecule has 2 rings (SSSR count). The normalized spacial score (nSPS) is 26.9. The second kappa shape index (κ2) is 2.96. The largest absolute Gasteiger partial charge is 0.388 e. The van der Waals surface area contributed by atoms with Gasteiger partial charge in [-0.05, 0) is 18.8 Å². The molecule has 0 saturated heterocycles. The minimum Gasteiger partial charge on any atom is -0.388 e. The number of anilines is 1. The van der Waals surface area contributed by atoms with Crippen molar-refractivity contribution in [1.29, 1.82) is 0 Å². The zero-order valence-electron chi connectivity index (χ0n) is 7.57. The molecule has 1 aliphatic carbocycles. The Kier molecular flexibility index (Phi) is 1.92. The molecule has 1 aromatic rings. The van der Waals surface area contributed by atoms with E-state index in [-0.39, 0.29) is 0 Å². The highest BCUT2D eigenvalue weighted by molar-refractivity contribution is 5.29. The van der Waals surface area contributed by atoms with E-state index in [1.807, 2.05) is 6.92 Å². The Balaban J connectivity index is 2.44. The SMILES string of the molecule is CC1CCc2nc(N)ncc2C1O. The van der Waals surface area contributed by atoms with Crippen molar-refractivity contribution in [2.24, 2.45) is 5.92 Å². The summed E-state index contributed by atoms with van der Waals surface area (Å²) in [6, 6.07) is 0. The first-order valence-corrected chi connectivity index (χ1v) is 4.48. The highest BCUT2D eigenvalue weighted by atomic mass is 16.3. The Morgan fingerprint density at radius 1 is 1.62 bits per heavy atom. The van der Waals surface area contributed by atoms with Gasteiger partial charge in [-0.1, -0.05) is 6.92 Å². The molecule has 1 heterocycles. The number of hydrogen-bond acceptors (Lipinski definition) is 4. The first-order chi connectivity index (χ1) is 6.18. The van der Waals surface area contributed by atoms with Crippen molar-refractivity contribution >= 4 is 5.95 Å². The Bertz CT molecular complexity index is 327. The lowest BCUT2D eigenvalue weighted by Crippen LogP contribution is -2.20. The second-order valence-corrected chi connectivity index (χ2v) is 3.59. The average molecular weight is 179 g/mol. The van der Waals surface area contributed by atoms with Crippen LogP contribution in [0.25, 0.3) is 0 Å². The van der Waals surface area contributed by atoms with Gasteiger partial charge < -0.3 is 10.8 Å². The summed E-state index contributed by atoms with van der Waals surface area (Å²) in [6.07, 6.45) is 3.06. The fraction of sp³-hybridized carbons (Fsp3) is 0.556. The molecule has 0 saturated carbocycles. The third-order valence-corrected chi connectivity index (χ3v) is 2.61. The third kappa shape index (κ3) is 1.37. The average Bonchev–Trinajstić information content (AvgIpc) is 2.12. The molecule has 0 bridgehead atoms. The van der Waals surface area contributed by atoms with Crippen LogP contribution in [-0.4, -0.2) is 15.1 Å². The van der Waals surface area contributed by atoms with Gasteiger partial charge in [-0.15, -0.1) is 0 Å². The molecule has 1 aliphatic rings. The molecule has 0 radical (unpaired) electrons. The van der Waals surface area contributed by atoms with E-state index in [4.69, 9.17) is 5.73 Å². The van der Waals surface area contributed by atoms with E-state index in [0.29, 0.717) is 11.9 Å². The van der Waals surface area contributed by atoms with Crippen LogP contribution in [0.3, 0.4) is 0 Å². The van der Waals surface area contributed by atoms with Crippen molar-refractivity contribution in [3.8, 4) is 0 Å². The number of aryl methyl sites for hydroxylation is 1. The Labute approximate surface area is 76.8 Å². The summed E-state index contributed by atoms with van der Waals surface area (Å²) < 4.78 is 0. The lowest BCUT2D eigenvalue weighted by atomic mass is 9.86. The van der Waals surface area contributed by atoms with Crippen LogP contribution in [0.1, 0.15) is 30.7 Å². The third-order valence-electron chi connectivity index (χ3n) is 2.61. The van der Waals surface area contributed by atoms with Crippen LogP contribution in [0, 0.1) is 5.92 Å². The lowest BCUT2D eigenvalue weighted by molar-refractivity contribution is 0.102. The number of hydrogen-bond donors (Lipinski definition) is 2. The smallest absolute Gasteiger partial charge is 0.220 e. The van der Waals surface area contributed by atoms with Gasteiger partial charge in [0.1, 0.15) is 0 Å². The number of fused-ring (bicyclic) bond motifs is 1. The van der Waals surface area contributed by atoms with Crippen LogP contribution in [0.4, 0.5) is 5.95 Å². The van der Waals surface area contributed by atoms with E-state index in [0.717, 1.165) is 24.1 Å². The Morgan fingerprint density at radius 3 is 3.15 bits per heavy atom. The van der Waals surface area contributed by atoms with E-state index >= 15 is 0 Å². The maximum Gasteiger partial charge on any atom is 0.220 e. The van der Waals surface area contributed by atoms with E-state index in [2.05, 4.69) is 9.97 Å². The Morgan fingerprint density at radius 2 is 2.38 bits per heavy atom. The molecule has 0 fully saturated rings. The monoisotopic (exact) mass is 179 g/mol. The van der Waals surface area contributed by atoms with E-state index in [1.165, 1.54) is 0 Å². The molecule has 4 nitrogen and oxygen atoms in total. The van der Waals surface area contributed by atoms with Gasteiger partial charge in [0.05, 0.1) is 11.8 Å². The molecule has 1 aromatic heterocycles. The van der Waals surface area contributed by atoms with Crippen LogP contribution in [0.2, 0.25) is 0 Å². The summed E-state index contributed by atoms with van der Waals surface area (Å²) >= 11 is 0. The molecular weight excluding hydrogens is 166 g/mol. The van der Waals surface area contributed by atoms with Crippen molar-refractivity contribution in [1.82, 2.24) is 9.97 Å². The van der Waals surface area contributed by atoms with E-state index < -0.39 is 6.10 Å². The summed E-state index contributed by atoms with van der Waals surface area (Å²) in [5, 5.41) is 9.80. The predicted molar refractivity (Wildman–Crippen MR) is 48.9 cm³/mol. The molecule has 4 heteroatoms. The van der Waals surface area contributed by atoms with Gasteiger partial charge in [-0.2, -0.15) is 0 Å². The Hall–Kier alpha value is -1.16. The van der Waals surface area contributed by atoms with Crippen LogP contribution in [0.15, 0.2) is 6.20 Å². The van der Waals surface area contributed by atoms with Gasteiger partial charge in [0, 0.05) is 11.8 Å². The highest BCUT2D eigenvalue weighted by Crippen LogP contribution is 2.32. The van der Waals surface area contributed by atoms with Gasteiger partial charge >= 0.3 is 0 Å². The van der Waals surface area contributed by atoms with Crippen molar-refractivity contribution in [3.05, 3.63) is 17.5 Å². The van der Waals surface area contributed by atoms with Gasteiger partial charge in [-0.3, -0.25) is 0 Å². The second-order valence-electron chi connectivity index (χ2n) is 3.59. The van der Waals surface area contributed by atoms with Crippen molar-refractivity contribution in [3.63, 3.8) is 0 Å². The van der Waals surface area contributed by atoms with Gasteiger partial charge in [0.2, 0.25) is 5.95 Å². The number of aromatic nitrogens is 2. The molecule has 70 valence electrons. The standard InChI is InChI=1S/C9H13N3O/c1-5-2-3-7-6(8(5)13)4-11-9(10)12-7/h4-5,8,13H,2-3H2,1H3,(H2,10,11,12). The minimum absolute atomic E-state index is 0.291. The van der Waals surface area contributed by atoms with Gasteiger partial charge in [0.15, 0.2) is 0 Å². The van der Waals surface area contributed by atoms with Crippen molar-refractivity contribution in [2.75, 3.05) is 5.73 Å². The van der Waals surface area contributed by atoms with E-state index in [1.54, 1.807) is 6.20 Å². The molecule has 0 aliphatic heterocycles. The molecule has 13 heavy (non-hydrogen) atoms. The summed E-state index contributed by atoms with van der Waals surface area (Å²) in [5.74, 6) is 0.584. The van der Waals surface area contributed by atoms with Crippen LogP contribution >= 0.6 is 0 Å². The summed E-state index contributed by atoms with van der Waals surface area (Å²) in [5.41, 5.74) is 7.20. The van der Waals surface area contributed by atoms with Crippen molar-refractivity contribution in [2.45, 2.75) is 25.9 Å². The molecule has 2 atom stereocenters. The molecular formula is C9H13N3O. The van der Waals surface area contributed by atoms with Crippen LogP contribution < -0.4 is 5.73 Å². The summed E-state index contributed by atoms with van der Waals surface area (Å²) in [6.45, 7) is 2.03. The maximum absolute atomic E-state index is 9.80. The van der Waals surface area contributed by atoms with Crippen molar-refractivity contribution < 1.29 is 5.11 Å². The van der Waals surface area contributed by atoms with Gasteiger partial charge in [0.25, 0.3) is 0 Å². The maximum atomic E-state index is 9.80. The van der Waals surface area contributed by atoms with Crippen LogP contribution in [-0.2, 0) is 6.42 Å². The van der Waals surface area contributed by atoms with E-state index in [9.17, 15) is 5.11 Å². The number of nitrogens with two attached hydrogens (primary N) is 1. The summed E-state index contributed by atoms with van der Waals surface area (Å²) in [7, 11) is 0. The molecule has 3 N–H and O–H groups in total. The predicted octanol–water partition coefficient (Wildman–Crippen LogP) is 0.675. The fourth-order valence-corrected chi connectivity index (χ4v) is 1.72. The highest BCUT2D eigenvalue weighted by Gasteiger charge is 2.25. The van der Waals surface area contributed by atoms with Crippen LogP contribution in [0.5, 0.6) is 0 Å². The quantitative estimate of drug-likeness (QED) is 0.614. The number of nitrogens with zero attached hydrogens (tertiary/aromatic N) is 2. The topological polar surface area (TPSA) is 72.0 Å². The molecule has 0 amide bonds. The zero-order chi connectivity index (χ0) is 9.42. The zero-order valence-corrected chi connectivity index (χ0v) is 7.57. The minimum atomic E-state index is -0.427. The number of aliphatic hydroxyl groups is 1. The number of nitrogen functional groups attached to an aromatic ring is 1. The van der Waals surface area contributed by atoms with Gasteiger partial charge in [-0.25, -0.2) is 9.97 Å². The number of rotatable bonds is 0. The fourth-order valence-electron chi connectivity index (χ4n) is 1.72. The first-order valence-electron chi connectivity index (χ1n) is 4.48. The number of aliphatic hydroxyl groups excluding tert-OH is 1.